The summed E-state index contributed by atoms with van der Waals surface area (Å²) < 4.78 is 26.6. The highest BCUT2D eigenvalue weighted by Gasteiger charge is 2.40. The molecular formula is C13H18N2O5S2. The normalized spacial score (nSPS) is 20.7. The van der Waals surface area contributed by atoms with Crippen molar-refractivity contribution in [3.05, 3.63) is 17.0 Å². The maximum absolute atomic E-state index is 12.6. The molecule has 0 radical (unpaired) electrons. The molecule has 1 aromatic heterocycles. The maximum atomic E-state index is 12.6. The minimum Gasteiger partial charge on any atom is -0.480 e. The van der Waals surface area contributed by atoms with Crippen molar-refractivity contribution in [3.63, 3.8) is 0 Å². The molecule has 1 aromatic rings. The standard InChI is InChI=1S/C13H18N2O5S2/c1-8-5-6-11(21-8)22(19,20)15-7-3-4-10(15)12(16)14-9(2)13(17)18/h5-6,9-10H,3-4,7H2,1-2H3,(H,14,16)(H,17,18). The molecule has 2 N–H and O–H groups in total. The molecule has 0 spiro atoms. The maximum Gasteiger partial charge on any atom is 0.325 e. The third kappa shape index (κ3) is 3.31. The molecule has 7 nitrogen and oxygen atoms in total. The number of carboxylic acids is 1. The van der Waals surface area contributed by atoms with E-state index in [0.717, 1.165) is 16.2 Å². The highest BCUT2D eigenvalue weighted by molar-refractivity contribution is 7.91. The summed E-state index contributed by atoms with van der Waals surface area (Å²) in [4.78, 5) is 23.9. The van der Waals surface area contributed by atoms with Crippen LogP contribution in [0.3, 0.4) is 0 Å². The molecule has 2 unspecified atom stereocenters. The molecule has 0 bridgehead atoms. The SMILES string of the molecule is Cc1ccc(S(=O)(=O)N2CCCC2C(=O)NC(C)C(=O)O)s1. The smallest absolute Gasteiger partial charge is 0.325 e. The topological polar surface area (TPSA) is 104 Å². The van der Waals surface area contributed by atoms with Gasteiger partial charge in [-0.3, -0.25) is 9.59 Å². The lowest BCUT2D eigenvalue weighted by Crippen LogP contribution is -2.49. The van der Waals surface area contributed by atoms with Crippen LogP contribution in [0.5, 0.6) is 0 Å². The van der Waals surface area contributed by atoms with Crippen molar-refractivity contribution in [2.75, 3.05) is 6.54 Å². The van der Waals surface area contributed by atoms with Gasteiger partial charge in [0.15, 0.2) is 0 Å². The van der Waals surface area contributed by atoms with Gasteiger partial charge in [-0.1, -0.05) is 0 Å². The van der Waals surface area contributed by atoms with Crippen molar-refractivity contribution >= 4 is 33.2 Å². The monoisotopic (exact) mass is 346 g/mol. The molecule has 0 aromatic carbocycles. The highest BCUT2D eigenvalue weighted by Crippen LogP contribution is 2.30. The minimum absolute atomic E-state index is 0.205. The van der Waals surface area contributed by atoms with Crippen LogP contribution in [0.15, 0.2) is 16.3 Å². The van der Waals surface area contributed by atoms with Gasteiger partial charge in [0.1, 0.15) is 16.3 Å². The largest absolute Gasteiger partial charge is 0.480 e. The van der Waals surface area contributed by atoms with E-state index in [1.54, 1.807) is 6.07 Å². The second-order valence-electron chi connectivity index (χ2n) is 5.21. The van der Waals surface area contributed by atoms with Gasteiger partial charge in [0.25, 0.3) is 10.0 Å². The van der Waals surface area contributed by atoms with Crippen molar-refractivity contribution in [1.29, 1.82) is 0 Å². The molecule has 1 aliphatic heterocycles. The number of carboxylic acid groups (broad SMARTS) is 1. The van der Waals surface area contributed by atoms with Crippen LogP contribution in [0.25, 0.3) is 0 Å². The van der Waals surface area contributed by atoms with Gasteiger partial charge in [-0.2, -0.15) is 4.31 Å². The van der Waals surface area contributed by atoms with Gasteiger partial charge in [-0.15, -0.1) is 11.3 Å². The van der Waals surface area contributed by atoms with E-state index in [0.29, 0.717) is 12.8 Å². The van der Waals surface area contributed by atoms with Crippen LogP contribution in [-0.4, -0.2) is 48.3 Å². The predicted octanol–water partition coefficient (Wildman–Crippen LogP) is 0.799. The van der Waals surface area contributed by atoms with Crippen LogP contribution >= 0.6 is 11.3 Å². The summed E-state index contributed by atoms with van der Waals surface area (Å²) >= 11 is 1.16. The molecule has 9 heteroatoms. The molecule has 122 valence electrons. The quantitative estimate of drug-likeness (QED) is 0.821. The lowest BCUT2D eigenvalue weighted by Gasteiger charge is -2.23. The number of sulfonamides is 1. The lowest BCUT2D eigenvalue weighted by molar-refractivity contribution is -0.141. The zero-order valence-corrected chi connectivity index (χ0v) is 13.9. The average molecular weight is 346 g/mol. The first-order valence-corrected chi connectivity index (χ1v) is 9.10. The molecule has 1 aliphatic rings. The van der Waals surface area contributed by atoms with Gasteiger partial charge in [-0.25, -0.2) is 8.42 Å². The number of hydrogen-bond donors (Lipinski definition) is 2. The van der Waals surface area contributed by atoms with E-state index >= 15 is 0 Å². The molecule has 1 saturated heterocycles. The fourth-order valence-corrected chi connectivity index (χ4v) is 5.40. The summed E-state index contributed by atoms with van der Waals surface area (Å²) in [5.41, 5.74) is 0. The fourth-order valence-electron chi connectivity index (χ4n) is 2.33. The van der Waals surface area contributed by atoms with E-state index in [4.69, 9.17) is 5.11 Å². The Bertz CT molecular complexity index is 682. The summed E-state index contributed by atoms with van der Waals surface area (Å²) in [6, 6.07) is 1.34. The van der Waals surface area contributed by atoms with Crippen molar-refractivity contribution in [2.45, 2.75) is 43.0 Å². The summed E-state index contributed by atoms with van der Waals surface area (Å²) in [5.74, 6) is -1.72. The molecule has 0 saturated carbocycles. The Balaban J connectivity index is 2.20. The molecule has 2 atom stereocenters. The van der Waals surface area contributed by atoms with Crippen LogP contribution in [0, 0.1) is 6.92 Å². The Morgan fingerprint density at radius 1 is 1.45 bits per heavy atom. The van der Waals surface area contributed by atoms with E-state index in [1.165, 1.54) is 17.3 Å². The average Bonchev–Trinajstić information content (AvgIpc) is 3.07. The molecular weight excluding hydrogens is 328 g/mol. The molecule has 0 aliphatic carbocycles. The Labute approximate surface area is 133 Å². The van der Waals surface area contributed by atoms with Gasteiger partial charge in [0.05, 0.1) is 0 Å². The number of thiophene rings is 1. The number of carbonyl (C=O) groups is 2. The number of carbonyl (C=O) groups excluding carboxylic acids is 1. The third-order valence-electron chi connectivity index (χ3n) is 3.51. The molecule has 2 heterocycles. The van der Waals surface area contributed by atoms with Crippen molar-refractivity contribution in [2.24, 2.45) is 0 Å². The van der Waals surface area contributed by atoms with E-state index in [2.05, 4.69) is 5.32 Å². The number of aliphatic carboxylic acids is 1. The van der Waals surface area contributed by atoms with Crippen LogP contribution in [0.2, 0.25) is 0 Å². The Kier molecular flexibility index (Phi) is 4.88. The number of amides is 1. The molecule has 2 rings (SSSR count). The minimum atomic E-state index is -3.72. The Hall–Kier alpha value is -1.45. The van der Waals surface area contributed by atoms with E-state index in [1.807, 2.05) is 6.92 Å². The number of hydrogen-bond acceptors (Lipinski definition) is 5. The van der Waals surface area contributed by atoms with E-state index in [9.17, 15) is 18.0 Å². The van der Waals surface area contributed by atoms with Crippen LogP contribution in [0.1, 0.15) is 24.6 Å². The first kappa shape index (κ1) is 16.9. The Morgan fingerprint density at radius 3 is 2.68 bits per heavy atom. The number of rotatable bonds is 5. The fraction of sp³-hybridized carbons (Fsp3) is 0.538. The van der Waals surface area contributed by atoms with Gasteiger partial charge >= 0.3 is 5.97 Å². The highest BCUT2D eigenvalue weighted by atomic mass is 32.2. The molecule has 1 amide bonds. The number of nitrogens with zero attached hydrogens (tertiary/aromatic N) is 1. The first-order valence-electron chi connectivity index (χ1n) is 6.85. The van der Waals surface area contributed by atoms with Crippen molar-refractivity contribution in [1.82, 2.24) is 9.62 Å². The lowest BCUT2D eigenvalue weighted by atomic mass is 10.2. The van der Waals surface area contributed by atoms with E-state index in [-0.39, 0.29) is 10.8 Å². The van der Waals surface area contributed by atoms with Crippen LogP contribution in [0.4, 0.5) is 0 Å². The van der Waals surface area contributed by atoms with Crippen molar-refractivity contribution in [3.8, 4) is 0 Å². The second-order valence-corrected chi connectivity index (χ2v) is 8.61. The van der Waals surface area contributed by atoms with Crippen LogP contribution < -0.4 is 5.32 Å². The second kappa shape index (κ2) is 6.35. The third-order valence-corrected chi connectivity index (χ3v) is 6.89. The predicted molar refractivity (Wildman–Crippen MR) is 81.2 cm³/mol. The zero-order chi connectivity index (χ0) is 16.5. The number of aryl methyl sites for hydroxylation is 1. The van der Waals surface area contributed by atoms with Crippen LogP contribution in [-0.2, 0) is 19.6 Å². The first-order chi connectivity index (χ1) is 10.2. The van der Waals surface area contributed by atoms with E-state index < -0.39 is 34.0 Å². The summed E-state index contributed by atoms with van der Waals surface area (Å²) in [7, 11) is -3.72. The Morgan fingerprint density at radius 2 is 2.14 bits per heavy atom. The summed E-state index contributed by atoms with van der Waals surface area (Å²) in [5, 5.41) is 11.2. The summed E-state index contributed by atoms with van der Waals surface area (Å²) in [6.07, 6.45) is 0.963. The molecule has 22 heavy (non-hydrogen) atoms. The number of nitrogens with one attached hydrogen (secondary N) is 1. The summed E-state index contributed by atoms with van der Waals surface area (Å²) in [6.45, 7) is 3.42. The van der Waals surface area contributed by atoms with Crippen molar-refractivity contribution < 1.29 is 23.1 Å². The van der Waals surface area contributed by atoms with Gasteiger partial charge < -0.3 is 10.4 Å². The van der Waals surface area contributed by atoms with Gasteiger partial charge in [-0.05, 0) is 38.8 Å². The van der Waals surface area contributed by atoms with Gasteiger partial charge in [0, 0.05) is 11.4 Å². The molecule has 1 fully saturated rings. The van der Waals surface area contributed by atoms with Gasteiger partial charge in [0.2, 0.25) is 5.91 Å². The zero-order valence-electron chi connectivity index (χ0n) is 12.3.